The number of nitrogens with two attached hydrogens (primary N) is 1. The zero-order valence-corrected chi connectivity index (χ0v) is 3.90. The van der Waals surface area contributed by atoms with E-state index in [2.05, 4.69) is 9.71 Å². The standard InChI is InChI=1S/C2H5N3S/c3-2-4-1-6-5-2/h1-2,5H,3H2. The van der Waals surface area contributed by atoms with Crippen molar-refractivity contribution in [3.05, 3.63) is 0 Å². The third kappa shape index (κ3) is 0.707. The average Bonchev–Trinajstić information content (AvgIpc) is 1.86. The molecule has 0 spiro atoms. The van der Waals surface area contributed by atoms with Gasteiger partial charge in [-0.15, -0.1) is 0 Å². The predicted molar refractivity (Wildman–Crippen MR) is 27.2 cm³/mol. The summed E-state index contributed by atoms with van der Waals surface area (Å²) in [6.45, 7) is 0. The molecule has 0 radical (unpaired) electrons. The zero-order chi connectivity index (χ0) is 4.41. The molecule has 3 N–H and O–H groups in total. The van der Waals surface area contributed by atoms with Crippen LogP contribution in [0.25, 0.3) is 0 Å². The van der Waals surface area contributed by atoms with Gasteiger partial charge in [0.15, 0.2) is 6.29 Å². The summed E-state index contributed by atoms with van der Waals surface area (Å²) in [6, 6.07) is 0. The van der Waals surface area contributed by atoms with Crippen molar-refractivity contribution in [2.75, 3.05) is 0 Å². The summed E-state index contributed by atoms with van der Waals surface area (Å²) in [5, 5.41) is 0. The Kier molecular flexibility index (Phi) is 1.09. The molecule has 34 valence electrons. The van der Waals surface area contributed by atoms with Crippen LogP contribution in [-0.4, -0.2) is 11.8 Å². The second-order valence-electron chi connectivity index (χ2n) is 0.935. The van der Waals surface area contributed by atoms with Crippen LogP contribution in [0.1, 0.15) is 0 Å². The van der Waals surface area contributed by atoms with Crippen LogP contribution >= 0.6 is 11.9 Å². The van der Waals surface area contributed by atoms with Crippen molar-refractivity contribution in [1.82, 2.24) is 4.72 Å². The van der Waals surface area contributed by atoms with E-state index in [1.165, 1.54) is 11.9 Å². The highest BCUT2D eigenvalue weighted by Gasteiger charge is 1.99. The second kappa shape index (κ2) is 1.59. The van der Waals surface area contributed by atoms with Crippen LogP contribution in [0.5, 0.6) is 0 Å². The van der Waals surface area contributed by atoms with Crippen molar-refractivity contribution in [3.63, 3.8) is 0 Å². The van der Waals surface area contributed by atoms with E-state index in [-0.39, 0.29) is 6.29 Å². The number of rotatable bonds is 0. The van der Waals surface area contributed by atoms with Gasteiger partial charge < -0.3 is 0 Å². The summed E-state index contributed by atoms with van der Waals surface area (Å²) in [4.78, 5) is 3.74. The fourth-order valence-corrected chi connectivity index (χ4v) is 0.680. The van der Waals surface area contributed by atoms with Crippen LogP contribution in [0.15, 0.2) is 4.99 Å². The first-order valence-electron chi connectivity index (χ1n) is 1.58. The Balaban J connectivity index is 2.38. The predicted octanol–water partition coefficient (Wildman–Crippen LogP) is -0.492. The normalized spacial score (nSPS) is 31.8. The van der Waals surface area contributed by atoms with E-state index < -0.39 is 0 Å². The summed E-state index contributed by atoms with van der Waals surface area (Å²) in [5.41, 5.74) is 6.89. The minimum atomic E-state index is -0.171. The Hall–Kier alpha value is -0.0600. The molecule has 0 aromatic carbocycles. The SMILES string of the molecule is NC1N=CSN1. The van der Waals surface area contributed by atoms with Crippen LogP contribution in [-0.2, 0) is 0 Å². The number of nitrogens with zero attached hydrogens (tertiary/aromatic N) is 1. The van der Waals surface area contributed by atoms with Gasteiger partial charge in [-0.2, -0.15) is 0 Å². The monoisotopic (exact) mass is 103 g/mol. The van der Waals surface area contributed by atoms with Crippen molar-refractivity contribution < 1.29 is 0 Å². The van der Waals surface area contributed by atoms with Gasteiger partial charge in [0.1, 0.15) is 0 Å². The van der Waals surface area contributed by atoms with Crippen LogP contribution < -0.4 is 10.5 Å². The summed E-state index contributed by atoms with van der Waals surface area (Å²) in [7, 11) is 0. The van der Waals surface area contributed by atoms with Gasteiger partial charge in [0.25, 0.3) is 0 Å². The van der Waals surface area contributed by atoms with Gasteiger partial charge in [0.05, 0.1) is 5.55 Å². The maximum absolute atomic E-state index is 5.20. The van der Waals surface area contributed by atoms with Crippen molar-refractivity contribution in [2.24, 2.45) is 10.7 Å². The number of aliphatic imine (C=N–C) groups is 1. The molecule has 0 aliphatic carbocycles. The minimum Gasteiger partial charge on any atom is -0.297 e. The topological polar surface area (TPSA) is 50.4 Å². The molecular formula is C2H5N3S. The lowest BCUT2D eigenvalue weighted by Crippen LogP contribution is -2.25. The molecule has 1 heterocycles. The molecule has 6 heavy (non-hydrogen) atoms. The van der Waals surface area contributed by atoms with Crippen molar-refractivity contribution in [3.8, 4) is 0 Å². The molecule has 0 bridgehead atoms. The van der Waals surface area contributed by atoms with E-state index >= 15 is 0 Å². The lowest BCUT2D eigenvalue weighted by molar-refractivity contribution is 0.716. The number of nitrogens with one attached hydrogen (secondary N) is 1. The molecule has 0 aromatic heterocycles. The Bertz CT molecular complexity index is 71.2. The van der Waals surface area contributed by atoms with Gasteiger partial charge in [0.2, 0.25) is 0 Å². The highest BCUT2D eigenvalue weighted by atomic mass is 32.2. The molecule has 1 rings (SSSR count). The van der Waals surface area contributed by atoms with Crippen molar-refractivity contribution in [1.29, 1.82) is 0 Å². The first kappa shape index (κ1) is 4.11. The van der Waals surface area contributed by atoms with Crippen LogP contribution in [0.2, 0.25) is 0 Å². The van der Waals surface area contributed by atoms with E-state index in [0.29, 0.717) is 0 Å². The molecular weight excluding hydrogens is 98.1 g/mol. The van der Waals surface area contributed by atoms with Crippen LogP contribution in [0, 0.1) is 0 Å². The Morgan fingerprint density at radius 3 is 3.00 bits per heavy atom. The summed E-state index contributed by atoms with van der Waals surface area (Å²) < 4.78 is 2.79. The van der Waals surface area contributed by atoms with Crippen LogP contribution in [0.3, 0.4) is 0 Å². The third-order valence-electron chi connectivity index (χ3n) is 0.463. The highest BCUT2D eigenvalue weighted by molar-refractivity contribution is 8.10. The maximum Gasteiger partial charge on any atom is 0.160 e. The van der Waals surface area contributed by atoms with E-state index in [1.807, 2.05) is 0 Å². The molecule has 1 atom stereocenters. The first-order valence-corrected chi connectivity index (χ1v) is 2.46. The Morgan fingerprint density at radius 2 is 2.83 bits per heavy atom. The van der Waals surface area contributed by atoms with Gasteiger partial charge in [-0.25, -0.2) is 4.72 Å². The van der Waals surface area contributed by atoms with E-state index in [9.17, 15) is 0 Å². The van der Waals surface area contributed by atoms with Gasteiger partial charge in [-0.1, -0.05) is 0 Å². The Morgan fingerprint density at radius 1 is 2.00 bits per heavy atom. The molecule has 0 fully saturated rings. The third-order valence-corrected chi connectivity index (χ3v) is 1.07. The minimum absolute atomic E-state index is 0.171. The molecule has 0 amide bonds. The van der Waals surface area contributed by atoms with E-state index in [1.54, 1.807) is 5.55 Å². The molecule has 0 aromatic rings. The molecule has 0 saturated heterocycles. The lowest BCUT2D eigenvalue weighted by atomic mass is 11.0. The fraction of sp³-hybridized carbons (Fsp3) is 0.500. The van der Waals surface area contributed by atoms with Crippen LogP contribution in [0.4, 0.5) is 0 Å². The maximum atomic E-state index is 5.20. The quantitative estimate of drug-likeness (QED) is 0.407. The molecule has 1 unspecified atom stereocenters. The lowest BCUT2D eigenvalue weighted by Gasteiger charge is -1.92. The molecule has 3 nitrogen and oxygen atoms in total. The molecule has 1 aliphatic rings. The number of hydrogen-bond donors (Lipinski definition) is 2. The van der Waals surface area contributed by atoms with E-state index in [0.717, 1.165) is 0 Å². The van der Waals surface area contributed by atoms with E-state index in [4.69, 9.17) is 5.73 Å². The smallest absolute Gasteiger partial charge is 0.160 e. The van der Waals surface area contributed by atoms with Gasteiger partial charge in [-0.05, 0) is 11.9 Å². The zero-order valence-electron chi connectivity index (χ0n) is 3.09. The Labute approximate surface area is 40.1 Å². The summed E-state index contributed by atoms with van der Waals surface area (Å²) in [5.74, 6) is 0. The average molecular weight is 103 g/mol. The van der Waals surface area contributed by atoms with Gasteiger partial charge in [0, 0.05) is 0 Å². The van der Waals surface area contributed by atoms with Crippen molar-refractivity contribution in [2.45, 2.75) is 6.29 Å². The summed E-state index contributed by atoms with van der Waals surface area (Å²) in [6.07, 6.45) is -0.171. The second-order valence-corrected chi connectivity index (χ2v) is 1.62. The van der Waals surface area contributed by atoms with Gasteiger partial charge in [-0.3, -0.25) is 10.7 Å². The summed E-state index contributed by atoms with van der Waals surface area (Å²) >= 11 is 1.42. The molecule has 0 saturated carbocycles. The first-order chi connectivity index (χ1) is 2.89. The fourth-order valence-electron chi connectivity index (χ4n) is 0.227. The van der Waals surface area contributed by atoms with Crippen molar-refractivity contribution >= 4 is 17.5 Å². The highest BCUT2D eigenvalue weighted by Crippen LogP contribution is 1.96. The number of hydrogen-bond acceptors (Lipinski definition) is 4. The largest absolute Gasteiger partial charge is 0.297 e. The molecule has 1 aliphatic heterocycles. The molecule has 4 heteroatoms. The van der Waals surface area contributed by atoms with Gasteiger partial charge >= 0.3 is 0 Å².